The number of halogens is 2. The van der Waals surface area contributed by atoms with Crippen molar-refractivity contribution in [1.29, 1.82) is 5.26 Å². The summed E-state index contributed by atoms with van der Waals surface area (Å²) in [6.07, 6.45) is 0. The van der Waals surface area contributed by atoms with E-state index >= 15 is 0 Å². The number of hydrogen-bond acceptors (Lipinski definition) is 3. The molecule has 1 aromatic carbocycles. The molecule has 0 aliphatic rings. The third kappa shape index (κ3) is 2.73. The van der Waals surface area contributed by atoms with Crippen LogP contribution in [0.1, 0.15) is 5.56 Å². The summed E-state index contributed by atoms with van der Waals surface area (Å²) in [5.41, 5.74) is 1.31. The lowest BCUT2D eigenvalue weighted by atomic mass is 10.0. The van der Waals surface area contributed by atoms with Gasteiger partial charge in [-0.1, -0.05) is 12.1 Å². The molecule has 3 nitrogen and oxygen atoms in total. The number of rotatable bonds is 2. The van der Waals surface area contributed by atoms with Crippen molar-refractivity contribution >= 4 is 27.3 Å². The van der Waals surface area contributed by atoms with E-state index in [1.807, 2.05) is 18.2 Å². The Morgan fingerprint density at radius 2 is 1.91 bits per heavy atom. The fourth-order valence-corrected chi connectivity index (χ4v) is 3.48. The zero-order valence-corrected chi connectivity index (χ0v) is 13.5. The van der Waals surface area contributed by atoms with Crippen LogP contribution >= 0.6 is 27.3 Å². The van der Waals surface area contributed by atoms with Crippen molar-refractivity contribution in [2.45, 2.75) is 0 Å². The molecule has 2 heterocycles. The molecule has 0 saturated heterocycles. The van der Waals surface area contributed by atoms with Crippen molar-refractivity contribution in [3.8, 4) is 27.8 Å². The first kappa shape index (κ1) is 14.7. The van der Waals surface area contributed by atoms with E-state index < -0.39 is 5.56 Å². The largest absolute Gasteiger partial charge is 0.320 e. The number of nitriles is 1. The maximum atomic E-state index is 13.1. The lowest BCUT2D eigenvalue weighted by molar-refractivity contribution is 0.628. The molecule has 0 radical (unpaired) electrons. The third-order valence-corrected chi connectivity index (χ3v) is 4.80. The minimum absolute atomic E-state index is 0.0194. The van der Waals surface area contributed by atoms with Gasteiger partial charge in [-0.2, -0.15) is 5.26 Å². The summed E-state index contributed by atoms with van der Waals surface area (Å²) in [4.78, 5) is 15.7. The zero-order chi connectivity index (χ0) is 15.7. The normalized spacial score (nSPS) is 10.4. The average molecular weight is 375 g/mol. The summed E-state index contributed by atoms with van der Waals surface area (Å²) in [7, 11) is 0. The molecular weight excluding hydrogens is 367 g/mol. The Hall–Kier alpha value is -2.23. The quantitative estimate of drug-likeness (QED) is 0.715. The van der Waals surface area contributed by atoms with Gasteiger partial charge >= 0.3 is 0 Å². The van der Waals surface area contributed by atoms with Gasteiger partial charge in [0.05, 0.1) is 14.4 Å². The highest BCUT2D eigenvalue weighted by molar-refractivity contribution is 9.11. The second-order valence-corrected chi connectivity index (χ2v) is 6.99. The molecule has 0 bridgehead atoms. The number of benzene rings is 1. The zero-order valence-electron chi connectivity index (χ0n) is 11.1. The predicted molar refractivity (Wildman–Crippen MR) is 88.2 cm³/mol. The monoisotopic (exact) mass is 374 g/mol. The first-order chi connectivity index (χ1) is 10.6. The lowest BCUT2D eigenvalue weighted by Gasteiger charge is -2.06. The van der Waals surface area contributed by atoms with E-state index in [1.54, 1.807) is 18.2 Å². The molecule has 0 aliphatic carbocycles. The highest BCUT2D eigenvalue weighted by Crippen LogP contribution is 2.32. The second kappa shape index (κ2) is 5.87. The average Bonchev–Trinajstić information content (AvgIpc) is 2.94. The fourth-order valence-electron chi connectivity index (χ4n) is 2.12. The van der Waals surface area contributed by atoms with Gasteiger partial charge in [0.2, 0.25) is 0 Å². The Kier molecular flexibility index (Phi) is 3.92. The number of aromatic nitrogens is 1. The molecule has 0 atom stereocenters. The highest BCUT2D eigenvalue weighted by Gasteiger charge is 2.13. The van der Waals surface area contributed by atoms with E-state index in [1.165, 1.54) is 23.5 Å². The Morgan fingerprint density at radius 1 is 1.18 bits per heavy atom. The number of H-pyrrole nitrogens is 1. The minimum atomic E-state index is -0.455. The van der Waals surface area contributed by atoms with Crippen LogP contribution < -0.4 is 5.56 Å². The van der Waals surface area contributed by atoms with E-state index in [9.17, 15) is 14.4 Å². The van der Waals surface area contributed by atoms with Gasteiger partial charge in [0.15, 0.2) is 0 Å². The van der Waals surface area contributed by atoms with Gasteiger partial charge in [-0.05, 0) is 51.8 Å². The molecule has 22 heavy (non-hydrogen) atoms. The predicted octanol–water partition coefficient (Wildman–Crippen LogP) is 4.54. The van der Waals surface area contributed by atoms with Gasteiger partial charge in [0, 0.05) is 5.56 Å². The number of aromatic amines is 1. The van der Waals surface area contributed by atoms with Crippen molar-refractivity contribution in [3.63, 3.8) is 0 Å². The molecule has 0 aliphatic heterocycles. The number of thiophene rings is 1. The Bertz CT molecular complexity index is 938. The lowest BCUT2D eigenvalue weighted by Crippen LogP contribution is -2.12. The van der Waals surface area contributed by atoms with Gasteiger partial charge in [-0.15, -0.1) is 11.3 Å². The highest BCUT2D eigenvalue weighted by atomic mass is 79.9. The fraction of sp³-hybridized carbons (Fsp3) is 0. The molecule has 0 spiro atoms. The van der Waals surface area contributed by atoms with Gasteiger partial charge in [-0.3, -0.25) is 4.79 Å². The van der Waals surface area contributed by atoms with Gasteiger partial charge < -0.3 is 4.98 Å². The van der Waals surface area contributed by atoms with Crippen LogP contribution in [0.25, 0.3) is 21.7 Å². The van der Waals surface area contributed by atoms with Crippen LogP contribution in [0.2, 0.25) is 0 Å². The van der Waals surface area contributed by atoms with E-state index in [-0.39, 0.29) is 11.4 Å². The van der Waals surface area contributed by atoms with Crippen LogP contribution in [0.3, 0.4) is 0 Å². The van der Waals surface area contributed by atoms with Crippen molar-refractivity contribution in [2.75, 3.05) is 0 Å². The van der Waals surface area contributed by atoms with Gasteiger partial charge in [0.25, 0.3) is 5.56 Å². The molecule has 2 aromatic heterocycles. The smallest absolute Gasteiger partial charge is 0.266 e. The summed E-state index contributed by atoms with van der Waals surface area (Å²) in [5, 5.41) is 9.23. The van der Waals surface area contributed by atoms with E-state index in [0.717, 1.165) is 8.66 Å². The van der Waals surface area contributed by atoms with Crippen LogP contribution in [0, 0.1) is 17.1 Å². The van der Waals surface area contributed by atoms with Crippen LogP contribution in [-0.2, 0) is 0 Å². The topological polar surface area (TPSA) is 56.6 Å². The molecule has 3 rings (SSSR count). The molecule has 0 fully saturated rings. The van der Waals surface area contributed by atoms with Crippen LogP contribution in [0.4, 0.5) is 4.39 Å². The standard InChI is InChI=1S/C16H8BrFN2OS/c17-15-6-5-14(22-15)13-7-11(12(8-19)16(21)20-13)9-1-3-10(18)4-2-9/h1-7H,(H,20,21). The van der Waals surface area contributed by atoms with Crippen LogP contribution in [0.5, 0.6) is 0 Å². The summed E-state index contributed by atoms with van der Waals surface area (Å²) >= 11 is 4.85. The number of nitrogens with one attached hydrogen (secondary N) is 1. The molecule has 0 amide bonds. The molecule has 108 valence electrons. The van der Waals surface area contributed by atoms with Crippen molar-refractivity contribution in [1.82, 2.24) is 4.98 Å². The maximum absolute atomic E-state index is 13.1. The van der Waals surface area contributed by atoms with Gasteiger partial charge in [-0.25, -0.2) is 4.39 Å². The third-order valence-electron chi connectivity index (χ3n) is 3.14. The minimum Gasteiger partial charge on any atom is -0.320 e. The molecule has 3 aromatic rings. The Balaban J connectivity index is 2.24. The van der Waals surface area contributed by atoms with E-state index in [0.29, 0.717) is 16.8 Å². The summed E-state index contributed by atoms with van der Waals surface area (Å²) in [6, 6.07) is 13.1. The molecule has 0 unspecified atom stereocenters. The molecule has 6 heteroatoms. The maximum Gasteiger partial charge on any atom is 0.266 e. The van der Waals surface area contributed by atoms with Crippen molar-refractivity contribution in [2.24, 2.45) is 0 Å². The van der Waals surface area contributed by atoms with E-state index in [2.05, 4.69) is 20.9 Å². The van der Waals surface area contributed by atoms with Crippen molar-refractivity contribution < 1.29 is 4.39 Å². The van der Waals surface area contributed by atoms with Crippen molar-refractivity contribution in [3.05, 3.63) is 68.0 Å². The molecule has 1 N–H and O–H groups in total. The van der Waals surface area contributed by atoms with Crippen LogP contribution in [-0.4, -0.2) is 4.98 Å². The Labute approximate surface area is 137 Å². The second-order valence-electron chi connectivity index (χ2n) is 4.52. The summed E-state index contributed by atoms with van der Waals surface area (Å²) in [5.74, 6) is -0.366. The Morgan fingerprint density at radius 3 is 2.50 bits per heavy atom. The number of pyridine rings is 1. The van der Waals surface area contributed by atoms with E-state index in [4.69, 9.17) is 0 Å². The first-order valence-corrected chi connectivity index (χ1v) is 7.88. The number of hydrogen-bond donors (Lipinski definition) is 1. The number of nitrogens with zero attached hydrogens (tertiary/aromatic N) is 1. The van der Waals surface area contributed by atoms with Crippen LogP contribution in [0.15, 0.2) is 51.0 Å². The SMILES string of the molecule is N#Cc1c(-c2ccc(F)cc2)cc(-c2ccc(Br)s2)[nH]c1=O. The molecular formula is C16H8BrFN2OS. The molecule has 0 saturated carbocycles. The van der Waals surface area contributed by atoms with Gasteiger partial charge in [0.1, 0.15) is 17.4 Å². The summed E-state index contributed by atoms with van der Waals surface area (Å²) < 4.78 is 14.0. The summed E-state index contributed by atoms with van der Waals surface area (Å²) in [6.45, 7) is 0. The first-order valence-electron chi connectivity index (χ1n) is 6.27.